The van der Waals surface area contributed by atoms with E-state index in [-0.39, 0.29) is 35.1 Å². The van der Waals surface area contributed by atoms with Crippen molar-refractivity contribution in [2.24, 2.45) is 17.8 Å². The Morgan fingerprint density at radius 1 is 0.914 bits per heavy atom. The third kappa shape index (κ3) is 7.01. The van der Waals surface area contributed by atoms with E-state index in [4.69, 9.17) is 19.3 Å². The first-order valence-electron chi connectivity index (χ1n) is 21.1. The molecule has 2 aromatic carbocycles. The molecule has 13 heteroatoms. The highest BCUT2D eigenvalue weighted by atomic mass is 32.2. The monoisotopic (exact) mass is 809 g/mol. The summed E-state index contributed by atoms with van der Waals surface area (Å²) in [6, 6.07) is 11.9. The molecule has 2 bridgehead atoms. The van der Waals surface area contributed by atoms with Crippen molar-refractivity contribution in [1.82, 2.24) is 24.0 Å². The molecule has 308 valence electrons. The second kappa shape index (κ2) is 15.7. The minimum absolute atomic E-state index is 0.0187. The van der Waals surface area contributed by atoms with E-state index >= 15 is 4.79 Å². The lowest BCUT2D eigenvalue weighted by Gasteiger charge is -2.41. The zero-order valence-electron chi connectivity index (χ0n) is 34.0. The van der Waals surface area contributed by atoms with Gasteiger partial charge in [0.25, 0.3) is 5.91 Å². The van der Waals surface area contributed by atoms with E-state index in [0.717, 1.165) is 96.4 Å². The molecule has 2 aromatic heterocycles. The van der Waals surface area contributed by atoms with Crippen molar-refractivity contribution >= 4 is 44.3 Å². The number of hydrogen-bond donors (Lipinski definition) is 1. The number of ketones is 1. The van der Waals surface area contributed by atoms with E-state index < -0.39 is 21.2 Å². The summed E-state index contributed by atoms with van der Waals surface area (Å²) in [5, 5.41) is 5.38. The van der Waals surface area contributed by atoms with Crippen molar-refractivity contribution in [3.05, 3.63) is 70.5 Å². The molecule has 0 unspecified atom stereocenters. The summed E-state index contributed by atoms with van der Waals surface area (Å²) in [4.78, 5) is 31.1. The van der Waals surface area contributed by atoms with Crippen molar-refractivity contribution in [1.29, 1.82) is 0 Å². The van der Waals surface area contributed by atoms with E-state index in [2.05, 4.69) is 44.1 Å². The SMILES string of the molecule is COc1ccc2c(c1)C=C(c1c(C(=O)C3C4COCC3COC4)cnn1C1CCN(C)CC1)Cn1c-2c(C2CCCCC2)c2ccc(C(=O)NS(=O)(=O)C(C)C)cc21. The third-order valence-corrected chi connectivity index (χ3v) is 15.2. The fourth-order valence-electron chi connectivity index (χ4n) is 10.3. The number of benzene rings is 2. The second-order valence-corrected chi connectivity index (χ2v) is 19.7. The Labute approximate surface area is 340 Å². The number of piperidine rings is 1. The normalized spacial score (nSPS) is 23.3. The largest absolute Gasteiger partial charge is 0.497 e. The summed E-state index contributed by atoms with van der Waals surface area (Å²) in [6.45, 7) is 7.38. The Morgan fingerprint density at radius 3 is 2.29 bits per heavy atom. The van der Waals surface area contributed by atoms with Crippen molar-refractivity contribution in [2.45, 2.75) is 82.5 Å². The summed E-state index contributed by atoms with van der Waals surface area (Å²) < 4.78 is 50.2. The van der Waals surface area contributed by atoms with E-state index in [9.17, 15) is 13.2 Å². The molecular formula is C45H55N5O7S. The van der Waals surface area contributed by atoms with Gasteiger partial charge in [-0.3, -0.25) is 14.3 Å². The Bertz CT molecular complexity index is 2360. The van der Waals surface area contributed by atoms with E-state index in [1.165, 1.54) is 12.0 Å². The number of ether oxygens (including phenoxy) is 3. The maximum absolute atomic E-state index is 15.1. The standard InChI is InChI=1S/C45H55N5O7S/c1-27(2)58(53,54)47-45(52)29-10-12-37-39(20-29)49-22-31(18-30-19-35(55-4)11-13-36(30)43(49)41(37)28-8-6-5-7-9-28)42-38(21-46-50(42)34-14-16-48(3)17-15-34)44(51)40-32-23-56-25-33(40)26-57-24-32/h10-13,18-21,27-28,32-34,40H,5-9,14-17,22-26H2,1-4H3,(H,47,52). The van der Waals surface area contributed by atoms with Crippen LogP contribution in [0.25, 0.3) is 33.8 Å². The number of carbonyl (C=O) groups is 2. The Morgan fingerprint density at radius 2 is 1.62 bits per heavy atom. The van der Waals surface area contributed by atoms with Crippen LogP contribution in [0.2, 0.25) is 0 Å². The first kappa shape index (κ1) is 39.2. The van der Waals surface area contributed by atoms with Crippen LogP contribution in [-0.4, -0.2) is 98.3 Å². The molecule has 12 nitrogen and oxygen atoms in total. The first-order valence-corrected chi connectivity index (χ1v) is 22.6. The molecule has 5 aliphatic rings. The van der Waals surface area contributed by atoms with Gasteiger partial charge in [-0.25, -0.2) is 13.1 Å². The van der Waals surface area contributed by atoms with E-state index in [1.54, 1.807) is 33.2 Å². The number of aromatic nitrogens is 3. The average molecular weight is 810 g/mol. The summed E-state index contributed by atoms with van der Waals surface area (Å²) in [5.74, 6) is 0.223. The highest BCUT2D eigenvalue weighted by molar-refractivity contribution is 7.90. The number of fused-ring (bicyclic) bond motifs is 7. The Kier molecular flexibility index (Phi) is 10.6. The Hall–Kier alpha value is -4.30. The lowest BCUT2D eigenvalue weighted by atomic mass is 9.74. The van der Waals surface area contributed by atoms with Crippen molar-refractivity contribution < 1.29 is 32.2 Å². The van der Waals surface area contributed by atoms with Crippen LogP contribution in [0.5, 0.6) is 5.75 Å². The van der Waals surface area contributed by atoms with Crippen LogP contribution in [0.4, 0.5) is 0 Å². The average Bonchev–Trinajstić information content (AvgIpc) is 3.75. The van der Waals surface area contributed by atoms with Crippen molar-refractivity contribution in [2.75, 3.05) is 53.7 Å². The molecule has 1 N–H and O–H groups in total. The molecule has 4 fully saturated rings. The number of Topliss-reactive ketones (excluding diaryl/α,β-unsaturated/α-hetero) is 1. The molecule has 0 spiro atoms. The molecular weight excluding hydrogens is 755 g/mol. The molecule has 1 aliphatic carbocycles. The molecule has 4 aromatic rings. The predicted molar refractivity (Wildman–Crippen MR) is 224 cm³/mol. The van der Waals surface area contributed by atoms with Crippen LogP contribution in [0, 0.1) is 17.8 Å². The van der Waals surface area contributed by atoms with Gasteiger partial charge in [0.15, 0.2) is 5.78 Å². The van der Waals surface area contributed by atoms with Gasteiger partial charge in [0.2, 0.25) is 10.0 Å². The third-order valence-electron chi connectivity index (χ3n) is 13.5. The Balaban J connectivity index is 1.26. The fraction of sp³-hybridized carbons (Fsp3) is 0.533. The number of likely N-dealkylation sites (tertiary alicyclic amines) is 1. The topological polar surface area (TPSA) is 134 Å². The zero-order chi connectivity index (χ0) is 40.3. The molecule has 9 rings (SSSR count). The molecule has 1 amide bonds. The lowest BCUT2D eigenvalue weighted by Crippen LogP contribution is -2.48. The van der Waals surface area contributed by atoms with Gasteiger partial charge in [0.1, 0.15) is 5.75 Å². The van der Waals surface area contributed by atoms with Gasteiger partial charge in [-0.15, -0.1) is 0 Å². The van der Waals surface area contributed by atoms with Gasteiger partial charge >= 0.3 is 0 Å². The minimum atomic E-state index is -3.85. The number of rotatable bonds is 9. The number of carbonyl (C=O) groups excluding carboxylic acids is 2. The minimum Gasteiger partial charge on any atom is -0.497 e. The van der Waals surface area contributed by atoms with Gasteiger partial charge in [-0.05, 0) is 119 Å². The van der Waals surface area contributed by atoms with Crippen LogP contribution in [0.3, 0.4) is 0 Å². The van der Waals surface area contributed by atoms with Gasteiger partial charge < -0.3 is 23.7 Å². The number of hydrogen-bond acceptors (Lipinski definition) is 9. The zero-order valence-corrected chi connectivity index (χ0v) is 34.9. The van der Waals surface area contributed by atoms with Crippen LogP contribution in [-0.2, 0) is 26.0 Å². The number of nitrogens with zero attached hydrogens (tertiary/aromatic N) is 4. The number of sulfonamides is 1. The van der Waals surface area contributed by atoms with Gasteiger partial charge in [-0.2, -0.15) is 5.10 Å². The number of methoxy groups -OCH3 is 1. The van der Waals surface area contributed by atoms with Gasteiger partial charge in [0, 0.05) is 39.8 Å². The maximum atomic E-state index is 15.1. The quantitative estimate of drug-likeness (QED) is 0.179. The van der Waals surface area contributed by atoms with Crippen molar-refractivity contribution in [3.63, 3.8) is 0 Å². The molecule has 6 heterocycles. The highest BCUT2D eigenvalue weighted by Gasteiger charge is 2.44. The van der Waals surface area contributed by atoms with Crippen LogP contribution in [0.15, 0.2) is 42.6 Å². The van der Waals surface area contributed by atoms with Crippen LogP contribution >= 0.6 is 0 Å². The van der Waals surface area contributed by atoms with Crippen LogP contribution in [0.1, 0.15) is 108 Å². The summed E-state index contributed by atoms with van der Waals surface area (Å²) in [5.41, 5.74) is 7.93. The van der Waals surface area contributed by atoms with E-state index in [0.29, 0.717) is 44.5 Å². The lowest BCUT2D eigenvalue weighted by molar-refractivity contribution is -0.115. The smallest absolute Gasteiger partial charge is 0.264 e. The van der Waals surface area contributed by atoms with Crippen LogP contribution < -0.4 is 9.46 Å². The molecule has 4 aliphatic heterocycles. The fourth-order valence-corrected chi connectivity index (χ4v) is 10.9. The number of nitrogens with one attached hydrogen (secondary N) is 1. The van der Waals surface area contributed by atoms with Crippen molar-refractivity contribution in [3.8, 4) is 17.0 Å². The molecule has 0 radical (unpaired) electrons. The van der Waals surface area contributed by atoms with Gasteiger partial charge in [0.05, 0.1) is 74.5 Å². The molecule has 3 saturated heterocycles. The second-order valence-electron chi connectivity index (χ2n) is 17.4. The summed E-state index contributed by atoms with van der Waals surface area (Å²) >= 11 is 0. The molecule has 0 atom stereocenters. The first-order chi connectivity index (χ1) is 28.0. The van der Waals surface area contributed by atoms with Gasteiger partial charge in [-0.1, -0.05) is 25.3 Å². The number of allylic oxidation sites excluding steroid dienone is 1. The molecule has 58 heavy (non-hydrogen) atoms. The number of amides is 1. The summed E-state index contributed by atoms with van der Waals surface area (Å²) in [7, 11) is -0.0257. The molecule has 1 saturated carbocycles. The summed E-state index contributed by atoms with van der Waals surface area (Å²) in [6.07, 6.45) is 11.5. The predicted octanol–water partition coefficient (Wildman–Crippen LogP) is 6.94. The highest BCUT2D eigenvalue weighted by Crippen LogP contribution is 2.49. The maximum Gasteiger partial charge on any atom is 0.264 e. The van der Waals surface area contributed by atoms with E-state index in [1.807, 2.05) is 18.2 Å².